The van der Waals surface area contributed by atoms with E-state index in [1.807, 2.05) is 18.7 Å². The Morgan fingerprint density at radius 3 is 2.56 bits per heavy atom. The predicted octanol–water partition coefficient (Wildman–Crippen LogP) is 3.89. The van der Waals surface area contributed by atoms with E-state index in [1.54, 1.807) is 6.07 Å². The Balaban J connectivity index is 1.41. The molecule has 5 heteroatoms. The van der Waals surface area contributed by atoms with E-state index in [2.05, 4.69) is 47.4 Å². The molecule has 0 unspecified atom stereocenters. The number of carbonyl (C=O) groups excluding carboxylic acids is 1. The van der Waals surface area contributed by atoms with Crippen molar-refractivity contribution >= 4 is 5.91 Å². The van der Waals surface area contributed by atoms with Crippen molar-refractivity contribution in [3.8, 4) is 0 Å². The summed E-state index contributed by atoms with van der Waals surface area (Å²) in [6.45, 7) is 6.75. The summed E-state index contributed by atoms with van der Waals surface area (Å²) in [5, 5.41) is 3.99. The van der Waals surface area contributed by atoms with Gasteiger partial charge in [-0.2, -0.15) is 0 Å². The van der Waals surface area contributed by atoms with Gasteiger partial charge in [-0.1, -0.05) is 49.3 Å². The van der Waals surface area contributed by atoms with Crippen LogP contribution in [0.2, 0.25) is 0 Å². The lowest BCUT2D eigenvalue weighted by atomic mass is 9.81. The van der Waals surface area contributed by atoms with Gasteiger partial charge in [0, 0.05) is 37.2 Å². The van der Waals surface area contributed by atoms with E-state index in [1.165, 1.54) is 12.0 Å². The minimum atomic E-state index is 0.000703. The maximum absolute atomic E-state index is 12.8. The summed E-state index contributed by atoms with van der Waals surface area (Å²) in [7, 11) is 2.24. The summed E-state index contributed by atoms with van der Waals surface area (Å²) in [6.07, 6.45) is 3.22. The molecule has 2 saturated heterocycles. The number of amides is 1. The summed E-state index contributed by atoms with van der Waals surface area (Å²) in [5.41, 5.74) is 2.09. The molecule has 2 aliphatic rings. The fourth-order valence-corrected chi connectivity index (χ4v) is 4.69. The van der Waals surface area contributed by atoms with Crippen LogP contribution in [0.5, 0.6) is 0 Å². The first-order chi connectivity index (χ1) is 13.0. The Kier molecular flexibility index (Phi) is 4.81. The van der Waals surface area contributed by atoms with Gasteiger partial charge in [0.1, 0.15) is 5.76 Å². The van der Waals surface area contributed by atoms with E-state index in [9.17, 15) is 4.79 Å². The fraction of sp³-hybridized carbons (Fsp3) is 0.545. The van der Waals surface area contributed by atoms with Crippen LogP contribution in [-0.2, 0) is 0 Å². The minimum absolute atomic E-state index is 0.000703. The summed E-state index contributed by atoms with van der Waals surface area (Å²) in [4.78, 5) is 17.3. The zero-order valence-electron chi connectivity index (χ0n) is 16.5. The highest BCUT2D eigenvalue weighted by molar-refractivity contribution is 5.92. The van der Waals surface area contributed by atoms with Crippen LogP contribution in [0.4, 0.5) is 0 Å². The highest BCUT2D eigenvalue weighted by Gasteiger charge is 2.46. The number of nitrogens with zero attached hydrogens (tertiary/aromatic N) is 3. The second-order valence-corrected chi connectivity index (χ2v) is 8.48. The third-order valence-electron chi connectivity index (χ3n) is 6.50. The zero-order chi connectivity index (χ0) is 19.0. The number of likely N-dealkylation sites (tertiary alicyclic amines) is 2. The zero-order valence-corrected chi connectivity index (χ0v) is 16.5. The summed E-state index contributed by atoms with van der Waals surface area (Å²) < 4.78 is 5.31. The number of likely N-dealkylation sites (N-methyl/N-ethyl adjacent to an activating group) is 1. The SMILES string of the molecule is CC(C)c1cc(C(=O)N2CCC3(CC2)C[C@@H](c2ccccc2)CN3C)no1. The molecular formula is C22H29N3O2. The first-order valence-corrected chi connectivity index (χ1v) is 10.0. The van der Waals surface area contributed by atoms with Gasteiger partial charge in [0.15, 0.2) is 5.69 Å². The molecule has 4 rings (SSSR count). The molecule has 2 fully saturated rings. The van der Waals surface area contributed by atoms with Gasteiger partial charge in [-0.25, -0.2) is 0 Å². The normalized spacial score (nSPS) is 22.7. The molecule has 1 amide bonds. The van der Waals surface area contributed by atoms with Gasteiger partial charge in [-0.15, -0.1) is 0 Å². The Morgan fingerprint density at radius 2 is 1.93 bits per heavy atom. The lowest BCUT2D eigenvalue weighted by molar-refractivity contribution is 0.0484. The molecule has 0 aliphatic carbocycles. The smallest absolute Gasteiger partial charge is 0.276 e. The summed E-state index contributed by atoms with van der Waals surface area (Å²) in [5.74, 6) is 1.60. The standard InChI is InChI=1S/C22H29N3O2/c1-16(2)20-13-19(23-27-20)21(26)25-11-9-22(10-12-25)14-18(15-24(22)3)17-7-5-4-6-8-17/h4-8,13,16,18H,9-12,14-15H2,1-3H3/t18-/m1/s1. The molecule has 1 atom stereocenters. The molecule has 1 aromatic heterocycles. The number of aromatic nitrogens is 1. The molecule has 27 heavy (non-hydrogen) atoms. The van der Waals surface area contributed by atoms with Gasteiger partial charge in [-0.05, 0) is 37.8 Å². The first kappa shape index (κ1) is 18.2. The average Bonchev–Trinajstić information content (AvgIpc) is 3.29. The van der Waals surface area contributed by atoms with Crippen molar-refractivity contribution in [3.63, 3.8) is 0 Å². The van der Waals surface area contributed by atoms with Crippen molar-refractivity contribution in [2.24, 2.45) is 0 Å². The molecule has 2 aromatic rings. The highest BCUT2D eigenvalue weighted by atomic mass is 16.5. The van der Waals surface area contributed by atoms with Crippen molar-refractivity contribution in [1.82, 2.24) is 15.0 Å². The topological polar surface area (TPSA) is 49.6 Å². The Morgan fingerprint density at radius 1 is 1.22 bits per heavy atom. The summed E-state index contributed by atoms with van der Waals surface area (Å²) in [6, 6.07) is 12.6. The monoisotopic (exact) mass is 367 g/mol. The van der Waals surface area contributed by atoms with E-state index in [0.29, 0.717) is 11.6 Å². The van der Waals surface area contributed by atoms with Crippen LogP contribution in [0.1, 0.15) is 66.8 Å². The van der Waals surface area contributed by atoms with E-state index < -0.39 is 0 Å². The Bertz CT molecular complexity index is 791. The largest absolute Gasteiger partial charge is 0.360 e. The van der Waals surface area contributed by atoms with Crippen LogP contribution in [0.3, 0.4) is 0 Å². The van der Waals surface area contributed by atoms with Gasteiger partial charge < -0.3 is 9.42 Å². The second kappa shape index (κ2) is 7.12. The molecule has 0 bridgehead atoms. The van der Waals surface area contributed by atoms with E-state index >= 15 is 0 Å². The van der Waals surface area contributed by atoms with Crippen molar-refractivity contribution in [1.29, 1.82) is 0 Å². The van der Waals surface area contributed by atoms with Crippen molar-refractivity contribution in [2.45, 2.75) is 50.5 Å². The van der Waals surface area contributed by atoms with Gasteiger partial charge in [0.05, 0.1) is 0 Å². The predicted molar refractivity (Wildman–Crippen MR) is 105 cm³/mol. The third kappa shape index (κ3) is 3.41. The third-order valence-corrected chi connectivity index (χ3v) is 6.50. The number of hydrogen-bond donors (Lipinski definition) is 0. The van der Waals surface area contributed by atoms with Crippen molar-refractivity contribution < 1.29 is 9.32 Å². The number of benzene rings is 1. The van der Waals surface area contributed by atoms with Crippen LogP contribution in [-0.4, -0.2) is 53.1 Å². The van der Waals surface area contributed by atoms with Crippen molar-refractivity contribution in [2.75, 3.05) is 26.7 Å². The lowest BCUT2D eigenvalue weighted by Crippen LogP contribution is -2.52. The molecular weight excluding hydrogens is 338 g/mol. The van der Waals surface area contributed by atoms with Crippen LogP contribution in [0.15, 0.2) is 40.9 Å². The van der Waals surface area contributed by atoms with E-state index in [-0.39, 0.29) is 17.4 Å². The van der Waals surface area contributed by atoms with Crippen LogP contribution >= 0.6 is 0 Å². The molecule has 1 spiro atoms. The maximum atomic E-state index is 12.8. The number of rotatable bonds is 3. The van der Waals surface area contributed by atoms with Crippen LogP contribution in [0, 0.1) is 0 Å². The van der Waals surface area contributed by atoms with Crippen LogP contribution < -0.4 is 0 Å². The molecule has 0 saturated carbocycles. The minimum Gasteiger partial charge on any atom is -0.360 e. The van der Waals surface area contributed by atoms with Crippen LogP contribution in [0.25, 0.3) is 0 Å². The van der Waals surface area contributed by atoms with Gasteiger partial charge in [0.25, 0.3) is 5.91 Å². The lowest BCUT2D eigenvalue weighted by Gasteiger charge is -2.43. The molecule has 0 radical (unpaired) electrons. The maximum Gasteiger partial charge on any atom is 0.276 e. The Labute approximate surface area is 161 Å². The quantitative estimate of drug-likeness (QED) is 0.826. The van der Waals surface area contributed by atoms with E-state index in [0.717, 1.165) is 38.2 Å². The van der Waals surface area contributed by atoms with E-state index in [4.69, 9.17) is 4.52 Å². The molecule has 2 aliphatic heterocycles. The molecule has 3 heterocycles. The summed E-state index contributed by atoms with van der Waals surface area (Å²) >= 11 is 0. The van der Waals surface area contributed by atoms with Gasteiger partial charge in [0.2, 0.25) is 0 Å². The van der Waals surface area contributed by atoms with Gasteiger partial charge >= 0.3 is 0 Å². The fourth-order valence-electron chi connectivity index (χ4n) is 4.69. The first-order valence-electron chi connectivity index (χ1n) is 10.0. The van der Waals surface area contributed by atoms with Gasteiger partial charge in [-0.3, -0.25) is 9.69 Å². The Hall–Kier alpha value is -2.14. The molecule has 144 valence electrons. The second-order valence-electron chi connectivity index (χ2n) is 8.48. The molecule has 1 aromatic carbocycles. The average molecular weight is 367 g/mol. The molecule has 0 N–H and O–H groups in total. The number of hydrogen-bond acceptors (Lipinski definition) is 4. The highest BCUT2D eigenvalue weighted by Crippen LogP contribution is 2.44. The number of piperidine rings is 1. The number of carbonyl (C=O) groups is 1. The van der Waals surface area contributed by atoms with Crippen molar-refractivity contribution in [3.05, 3.63) is 53.4 Å². The molecule has 5 nitrogen and oxygen atoms in total.